The molecule has 5 nitrogen and oxygen atoms in total. The number of halogens is 2. The Hall–Kier alpha value is -1.21. The van der Waals surface area contributed by atoms with Crippen LogP contribution in [-0.4, -0.2) is 25.1 Å². The summed E-state index contributed by atoms with van der Waals surface area (Å²) in [4.78, 5) is 11.9. The Morgan fingerprint density at radius 3 is 2.76 bits per heavy atom. The van der Waals surface area contributed by atoms with Crippen molar-refractivity contribution in [1.82, 2.24) is 0 Å². The summed E-state index contributed by atoms with van der Waals surface area (Å²) in [5.74, 6) is -0.646. The molecule has 0 saturated carbocycles. The van der Waals surface area contributed by atoms with Crippen LogP contribution in [0.1, 0.15) is 6.42 Å². The molecule has 94 valence electrons. The fourth-order valence-electron chi connectivity index (χ4n) is 1.43. The normalized spacial score (nSPS) is 10.4. The van der Waals surface area contributed by atoms with Crippen LogP contribution in [0.3, 0.4) is 0 Å². The van der Waals surface area contributed by atoms with E-state index in [2.05, 4.69) is 15.9 Å². The van der Waals surface area contributed by atoms with Gasteiger partial charge in [0.1, 0.15) is 11.5 Å². The third-order valence-corrected chi connectivity index (χ3v) is 2.93. The van der Waals surface area contributed by atoms with Crippen LogP contribution in [0.2, 0.25) is 0 Å². The van der Waals surface area contributed by atoms with Crippen LogP contribution in [0.25, 0.3) is 0 Å². The van der Waals surface area contributed by atoms with Gasteiger partial charge in [0, 0.05) is 13.6 Å². The van der Waals surface area contributed by atoms with Crippen LogP contribution in [-0.2, 0) is 0 Å². The summed E-state index contributed by atoms with van der Waals surface area (Å²) in [6.07, 6.45) is 0.711. The Balaban J connectivity index is 3.11. The largest absolute Gasteiger partial charge is 0.369 e. The molecule has 0 unspecified atom stereocenters. The van der Waals surface area contributed by atoms with Gasteiger partial charge in [-0.25, -0.2) is 4.39 Å². The molecule has 0 bridgehead atoms. The van der Waals surface area contributed by atoms with Gasteiger partial charge in [-0.05, 0) is 35.0 Å². The molecule has 0 aromatic heterocycles. The molecule has 0 saturated heterocycles. The summed E-state index contributed by atoms with van der Waals surface area (Å²) in [7, 11) is 1.71. The van der Waals surface area contributed by atoms with Crippen molar-refractivity contribution in [2.45, 2.75) is 6.42 Å². The first-order valence-corrected chi connectivity index (χ1v) is 5.81. The van der Waals surface area contributed by atoms with Gasteiger partial charge in [-0.1, -0.05) is 0 Å². The minimum Gasteiger partial charge on any atom is -0.369 e. The van der Waals surface area contributed by atoms with Crippen molar-refractivity contribution in [3.8, 4) is 0 Å². The van der Waals surface area contributed by atoms with Crippen molar-refractivity contribution in [3.05, 3.63) is 32.5 Å². The average Bonchev–Trinajstić information content (AvgIpc) is 2.28. The van der Waals surface area contributed by atoms with Crippen LogP contribution >= 0.6 is 15.9 Å². The molecule has 0 aliphatic rings. The lowest BCUT2D eigenvalue weighted by Crippen LogP contribution is -2.22. The van der Waals surface area contributed by atoms with Gasteiger partial charge in [-0.15, -0.1) is 0 Å². The lowest BCUT2D eigenvalue weighted by Gasteiger charge is -2.19. The smallest absolute Gasteiger partial charge is 0.295 e. The molecule has 17 heavy (non-hydrogen) atoms. The molecular weight excluding hydrogens is 293 g/mol. The molecule has 0 spiro atoms. The van der Waals surface area contributed by atoms with Gasteiger partial charge in [0.25, 0.3) is 5.69 Å². The maximum absolute atomic E-state index is 13.2. The van der Waals surface area contributed by atoms with Crippen molar-refractivity contribution in [3.63, 3.8) is 0 Å². The first kappa shape index (κ1) is 13.9. The molecule has 1 rings (SSSR count). The summed E-state index contributed by atoms with van der Waals surface area (Å²) in [6.45, 7) is 1.08. The summed E-state index contributed by atoms with van der Waals surface area (Å²) in [5.41, 5.74) is 5.50. The van der Waals surface area contributed by atoms with Gasteiger partial charge in [0.2, 0.25) is 0 Å². The number of nitro benzene ring substituents is 1. The van der Waals surface area contributed by atoms with E-state index >= 15 is 0 Å². The van der Waals surface area contributed by atoms with E-state index in [0.717, 1.165) is 6.07 Å². The van der Waals surface area contributed by atoms with Crippen molar-refractivity contribution < 1.29 is 9.31 Å². The Bertz CT molecular complexity index is 428. The third-order valence-electron chi connectivity index (χ3n) is 2.32. The Kier molecular flexibility index (Phi) is 4.83. The molecule has 0 fully saturated rings. The van der Waals surface area contributed by atoms with Gasteiger partial charge in [-0.3, -0.25) is 10.1 Å². The molecule has 0 aliphatic heterocycles. The molecule has 0 aliphatic carbocycles. The lowest BCUT2D eigenvalue weighted by molar-refractivity contribution is -0.384. The second-order valence-electron chi connectivity index (χ2n) is 3.58. The standard InChI is InChI=1S/C10H13BrFN3O2/c1-14(4-2-3-13)9-5-7(11)8(12)6-10(9)15(16)17/h5-6H,2-4,13H2,1H3. The van der Waals surface area contributed by atoms with Gasteiger partial charge >= 0.3 is 0 Å². The zero-order chi connectivity index (χ0) is 13.0. The number of nitrogens with zero attached hydrogens (tertiary/aromatic N) is 2. The fourth-order valence-corrected chi connectivity index (χ4v) is 1.76. The Labute approximate surface area is 107 Å². The molecular formula is C10H13BrFN3O2. The summed E-state index contributed by atoms with van der Waals surface area (Å²) in [5, 5.41) is 10.8. The van der Waals surface area contributed by atoms with E-state index in [1.807, 2.05) is 0 Å². The zero-order valence-electron chi connectivity index (χ0n) is 9.32. The van der Waals surface area contributed by atoms with E-state index in [4.69, 9.17) is 5.73 Å². The number of benzene rings is 1. The highest BCUT2D eigenvalue weighted by Crippen LogP contribution is 2.32. The Morgan fingerprint density at radius 1 is 1.59 bits per heavy atom. The molecule has 0 radical (unpaired) electrons. The highest BCUT2D eigenvalue weighted by molar-refractivity contribution is 9.10. The molecule has 0 amide bonds. The first-order valence-electron chi connectivity index (χ1n) is 5.02. The van der Waals surface area contributed by atoms with Gasteiger partial charge in [-0.2, -0.15) is 0 Å². The molecule has 0 heterocycles. The molecule has 1 aromatic rings. The van der Waals surface area contributed by atoms with E-state index < -0.39 is 10.7 Å². The Morgan fingerprint density at radius 2 is 2.24 bits per heavy atom. The number of nitrogens with two attached hydrogens (primary N) is 1. The quantitative estimate of drug-likeness (QED) is 0.669. The lowest BCUT2D eigenvalue weighted by atomic mass is 10.2. The highest BCUT2D eigenvalue weighted by Gasteiger charge is 2.20. The molecule has 7 heteroatoms. The molecule has 2 N–H and O–H groups in total. The van der Waals surface area contributed by atoms with Crippen LogP contribution in [0.15, 0.2) is 16.6 Å². The van der Waals surface area contributed by atoms with Gasteiger partial charge < -0.3 is 10.6 Å². The minimum absolute atomic E-state index is 0.206. The topological polar surface area (TPSA) is 72.4 Å². The van der Waals surface area contributed by atoms with E-state index in [0.29, 0.717) is 25.2 Å². The first-order chi connectivity index (χ1) is 7.97. The zero-order valence-corrected chi connectivity index (χ0v) is 10.9. The maximum Gasteiger partial charge on any atom is 0.295 e. The summed E-state index contributed by atoms with van der Waals surface area (Å²) < 4.78 is 13.5. The predicted octanol–water partition coefficient (Wildman–Crippen LogP) is 2.28. The van der Waals surface area contributed by atoms with E-state index in [9.17, 15) is 14.5 Å². The van der Waals surface area contributed by atoms with Crippen LogP contribution < -0.4 is 10.6 Å². The number of rotatable bonds is 5. The highest BCUT2D eigenvalue weighted by atomic mass is 79.9. The fraction of sp³-hybridized carbons (Fsp3) is 0.400. The maximum atomic E-state index is 13.2. The van der Waals surface area contributed by atoms with Crippen LogP contribution in [0.5, 0.6) is 0 Å². The summed E-state index contributed by atoms with van der Waals surface area (Å²) >= 11 is 3.02. The monoisotopic (exact) mass is 305 g/mol. The molecule has 1 aromatic carbocycles. The summed E-state index contributed by atoms with van der Waals surface area (Å²) in [6, 6.07) is 2.32. The van der Waals surface area contributed by atoms with Crippen molar-refractivity contribution in [1.29, 1.82) is 0 Å². The average molecular weight is 306 g/mol. The number of hydrogen-bond donors (Lipinski definition) is 1. The van der Waals surface area contributed by atoms with Crippen LogP contribution in [0, 0.1) is 15.9 Å². The SMILES string of the molecule is CN(CCCN)c1cc(Br)c(F)cc1[N+](=O)[O-]. The van der Waals surface area contributed by atoms with Crippen molar-refractivity contribution in [2.24, 2.45) is 5.73 Å². The van der Waals surface area contributed by atoms with Gasteiger partial charge in [0.15, 0.2) is 0 Å². The van der Waals surface area contributed by atoms with E-state index in [-0.39, 0.29) is 10.2 Å². The van der Waals surface area contributed by atoms with Crippen molar-refractivity contribution >= 4 is 27.3 Å². The number of anilines is 1. The number of hydrogen-bond acceptors (Lipinski definition) is 4. The minimum atomic E-state index is -0.646. The predicted molar refractivity (Wildman–Crippen MR) is 67.7 cm³/mol. The second-order valence-corrected chi connectivity index (χ2v) is 4.43. The number of nitro groups is 1. The molecule has 0 atom stereocenters. The second kappa shape index (κ2) is 5.92. The third kappa shape index (κ3) is 3.37. The van der Waals surface area contributed by atoms with E-state index in [1.54, 1.807) is 11.9 Å². The van der Waals surface area contributed by atoms with Crippen LogP contribution in [0.4, 0.5) is 15.8 Å². The van der Waals surface area contributed by atoms with E-state index in [1.165, 1.54) is 6.07 Å². The van der Waals surface area contributed by atoms with Crippen molar-refractivity contribution in [2.75, 3.05) is 25.0 Å². The van der Waals surface area contributed by atoms with Gasteiger partial charge in [0.05, 0.1) is 15.5 Å².